The van der Waals surface area contributed by atoms with E-state index in [-0.39, 0.29) is 6.54 Å². The van der Waals surface area contributed by atoms with Crippen molar-refractivity contribution in [2.75, 3.05) is 19.8 Å². The van der Waals surface area contributed by atoms with Gasteiger partial charge in [-0.15, -0.1) is 0 Å². The highest BCUT2D eigenvalue weighted by Gasteiger charge is 2.53. The van der Waals surface area contributed by atoms with Crippen LogP contribution in [0.5, 0.6) is 0 Å². The lowest BCUT2D eigenvalue weighted by molar-refractivity contribution is -0.339. The fourth-order valence-corrected chi connectivity index (χ4v) is 3.98. The molecular weight excluding hydrogens is 438 g/mol. The van der Waals surface area contributed by atoms with E-state index in [4.69, 9.17) is 40.9 Å². The van der Waals surface area contributed by atoms with E-state index in [0.29, 0.717) is 0 Å². The summed E-state index contributed by atoms with van der Waals surface area (Å²) in [6.45, 7) is -1.40. The van der Waals surface area contributed by atoms with Gasteiger partial charge in [-0.2, -0.15) is 0 Å². The zero-order chi connectivity index (χ0) is 23.7. The lowest BCUT2D eigenvalue weighted by Gasteiger charge is -2.47. The summed E-state index contributed by atoms with van der Waals surface area (Å²) in [5, 5.41) is 69.5. The van der Waals surface area contributed by atoms with E-state index < -0.39 is 99.1 Å². The van der Waals surface area contributed by atoms with Crippen molar-refractivity contribution in [3.05, 3.63) is 0 Å². The Bertz CT molecular complexity index is 605. The van der Waals surface area contributed by atoms with Crippen molar-refractivity contribution in [3.63, 3.8) is 0 Å². The Kier molecular flexibility index (Phi) is 8.75. The van der Waals surface area contributed by atoms with Crippen LogP contribution < -0.4 is 17.2 Å². The molecule has 3 fully saturated rings. The van der Waals surface area contributed by atoms with Crippen LogP contribution in [0, 0.1) is 0 Å². The minimum absolute atomic E-state index is 0.157. The van der Waals surface area contributed by atoms with Crippen LogP contribution in [0.1, 0.15) is 0 Å². The molecule has 13 N–H and O–H groups in total. The molecule has 15 heteroatoms. The Balaban J connectivity index is 1.81. The fraction of sp³-hybridized carbons (Fsp3) is 1.00. The summed E-state index contributed by atoms with van der Waals surface area (Å²) in [6, 6.07) is -2.51. The van der Waals surface area contributed by atoms with E-state index in [1.807, 2.05) is 0 Å². The zero-order valence-electron chi connectivity index (χ0n) is 17.1. The minimum atomic E-state index is -1.60. The summed E-state index contributed by atoms with van der Waals surface area (Å²) in [5.74, 6) is 0. The van der Waals surface area contributed by atoms with Gasteiger partial charge in [0, 0.05) is 6.54 Å². The molecule has 0 radical (unpaired) electrons. The van der Waals surface area contributed by atoms with E-state index in [0.717, 1.165) is 0 Å². The van der Waals surface area contributed by atoms with Crippen molar-refractivity contribution in [1.82, 2.24) is 0 Å². The number of aliphatic hydroxyl groups is 7. The Morgan fingerprint density at radius 2 is 1.19 bits per heavy atom. The summed E-state index contributed by atoms with van der Waals surface area (Å²) in [5.41, 5.74) is 17.5. The SMILES string of the molecule is NC[C@H]1O[C@H](O[C@H]2[C@H](O[C@@H]3O[C@H](CO)[C@@H](O)[C@H]3O)[C@@H](N)[C@H](O)O[C@@H]2CO)[C@H](N)[C@@H](O)[C@@H]1O. The molecule has 0 aliphatic carbocycles. The first-order valence-corrected chi connectivity index (χ1v) is 10.2. The standard InChI is InChI=1S/C17H33N3O12/c18-1-4-9(23)11(25)7(19)16(29-4)31-13-6(3-22)28-15(27)8(20)14(13)32-17-12(26)10(24)5(2-21)30-17/h4-17,21-27H,1-3,18-20H2/t4-,5-,6-,7-,8-,9-,10-,11-,12-,13-,14-,15-,16-,17+/m1/s1. The van der Waals surface area contributed by atoms with Crippen LogP contribution in [0.25, 0.3) is 0 Å². The van der Waals surface area contributed by atoms with Crippen molar-refractivity contribution in [1.29, 1.82) is 0 Å². The number of aliphatic hydroxyl groups excluding tert-OH is 7. The van der Waals surface area contributed by atoms with Crippen LogP contribution in [0.2, 0.25) is 0 Å². The Labute approximate surface area is 183 Å². The molecule has 0 aromatic carbocycles. The molecule has 15 nitrogen and oxygen atoms in total. The predicted octanol–water partition coefficient (Wildman–Crippen LogP) is -7.03. The van der Waals surface area contributed by atoms with Crippen LogP contribution in [0.3, 0.4) is 0 Å². The third kappa shape index (κ3) is 4.92. The number of ether oxygens (including phenoxy) is 5. The second kappa shape index (κ2) is 10.8. The van der Waals surface area contributed by atoms with Gasteiger partial charge in [-0.05, 0) is 0 Å². The molecule has 32 heavy (non-hydrogen) atoms. The molecule has 14 atom stereocenters. The molecule has 0 saturated carbocycles. The summed E-state index contributed by atoms with van der Waals surface area (Å²) >= 11 is 0. The molecule has 3 rings (SSSR count). The van der Waals surface area contributed by atoms with Crippen LogP contribution >= 0.6 is 0 Å². The van der Waals surface area contributed by atoms with Crippen molar-refractivity contribution in [3.8, 4) is 0 Å². The van der Waals surface area contributed by atoms with E-state index in [1.54, 1.807) is 0 Å². The Hall–Kier alpha value is -0.600. The number of nitrogens with two attached hydrogens (primary N) is 3. The van der Waals surface area contributed by atoms with Gasteiger partial charge < -0.3 is 76.6 Å². The summed E-state index contributed by atoms with van der Waals surface area (Å²) in [4.78, 5) is 0. The third-order valence-electron chi connectivity index (χ3n) is 5.95. The second-order valence-electron chi connectivity index (χ2n) is 8.07. The van der Waals surface area contributed by atoms with E-state index >= 15 is 0 Å². The topological polar surface area (TPSA) is 266 Å². The van der Waals surface area contributed by atoms with Crippen LogP contribution in [-0.4, -0.2) is 141 Å². The average molecular weight is 471 g/mol. The maximum absolute atomic E-state index is 10.2. The quantitative estimate of drug-likeness (QED) is 0.165. The van der Waals surface area contributed by atoms with Gasteiger partial charge in [0.25, 0.3) is 0 Å². The molecule has 3 aliphatic rings. The minimum Gasteiger partial charge on any atom is -0.394 e. The fourth-order valence-electron chi connectivity index (χ4n) is 3.98. The van der Waals surface area contributed by atoms with Gasteiger partial charge in [0.05, 0.1) is 25.3 Å². The molecule has 0 aromatic heterocycles. The lowest BCUT2D eigenvalue weighted by Crippen LogP contribution is -2.68. The first kappa shape index (κ1) is 26.0. The summed E-state index contributed by atoms with van der Waals surface area (Å²) in [6.07, 6.45) is -16.1. The highest BCUT2D eigenvalue weighted by molar-refractivity contribution is 4.98. The highest BCUT2D eigenvalue weighted by Crippen LogP contribution is 2.32. The first-order chi connectivity index (χ1) is 15.1. The van der Waals surface area contributed by atoms with Gasteiger partial charge in [0.1, 0.15) is 54.9 Å². The summed E-state index contributed by atoms with van der Waals surface area (Å²) < 4.78 is 27.6. The maximum Gasteiger partial charge on any atom is 0.187 e. The average Bonchev–Trinajstić information content (AvgIpc) is 3.06. The Morgan fingerprint density at radius 1 is 0.625 bits per heavy atom. The first-order valence-electron chi connectivity index (χ1n) is 10.2. The van der Waals surface area contributed by atoms with E-state index in [2.05, 4.69) is 0 Å². The molecule has 0 spiro atoms. The largest absolute Gasteiger partial charge is 0.394 e. The van der Waals surface area contributed by atoms with Gasteiger partial charge in [-0.3, -0.25) is 0 Å². The third-order valence-corrected chi connectivity index (χ3v) is 5.95. The van der Waals surface area contributed by atoms with Crippen molar-refractivity contribution < 1.29 is 59.4 Å². The lowest BCUT2D eigenvalue weighted by atomic mass is 9.95. The molecule has 0 unspecified atom stereocenters. The zero-order valence-corrected chi connectivity index (χ0v) is 17.1. The van der Waals surface area contributed by atoms with E-state index in [1.165, 1.54) is 0 Å². The molecule has 188 valence electrons. The number of hydrogen-bond acceptors (Lipinski definition) is 15. The van der Waals surface area contributed by atoms with Gasteiger partial charge >= 0.3 is 0 Å². The monoisotopic (exact) mass is 471 g/mol. The Morgan fingerprint density at radius 3 is 1.75 bits per heavy atom. The molecular formula is C17H33N3O12. The predicted molar refractivity (Wildman–Crippen MR) is 101 cm³/mol. The molecule has 0 aromatic rings. The van der Waals surface area contributed by atoms with Gasteiger partial charge in [-0.25, -0.2) is 0 Å². The normalized spacial score (nSPS) is 52.3. The smallest absolute Gasteiger partial charge is 0.187 e. The van der Waals surface area contributed by atoms with Gasteiger partial charge in [-0.1, -0.05) is 0 Å². The van der Waals surface area contributed by atoms with Crippen LogP contribution in [0.15, 0.2) is 0 Å². The van der Waals surface area contributed by atoms with Crippen LogP contribution in [0.4, 0.5) is 0 Å². The molecule has 3 heterocycles. The van der Waals surface area contributed by atoms with Gasteiger partial charge in [0.15, 0.2) is 18.9 Å². The van der Waals surface area contributed by atoms with Crippen molar-refractivity contribution in [2.24, 2.45) is 17.2 Å². The van der Waals surface area contributed by atoms with E-state index in [9.17, 15) is 35.7 Å². The summed E-state index contributed by atoms with van der Waals surface area (Å²) in [7, 11) is 0. The highest BCUT2D eigenvalue weighted by atomic mass is 16.7. The number of rotatable bonds is 7. The molecule has 3 aliphatic heterocycles. The van der Waals surface area contributed by atoms with Crippen LogP contribution in [-0.2, 0) is 23.7 Å². The molecule has 3 saturated heterocycles. The van der Waals surface area contributed by atoms with Crippen molar-refractivity contribution >= 4 is 0 Å². The molecule has 0 bridgehead atoms. The van der Waals surface area contributed by atoms with Gasteiger partial charge in [0.2, 0.25) is 0 Å². The van der Waals surface area contributed by atoms with Crippen molar-refractivity contribution in [2.45, 2.75) is 85.9 Å². The second-order valence-corrected chi connectivity index (χ2v) is 8.07. The number of hydrogen-bond donors (Lipinski definition) is 10. The molecule has 0 amide bonds. The maximum atomic E-state index is 10.2.